The predicted molar refractivity (Wildman–Crippen MR) is 124 cm³/mol. The molecule has 1 aromatic heterocycles. The zero-order valence-electron chi connectivity index (χ0n) is 19.3. The number of halogens is 1. The van der Waals surface area contributed by atoms with Gasteiger partial charge in [0.1, 0.15) is 24.4 Å². The van der Waals surface area contributed by atoms with Gasteiger partial charge in [0.15, 0.2) is 5.78 Å². The minimum atomic E-state index is -0.340. The highest BCUT2D eigenvalue weighted by Gasteiger charge is 2.44. The Bertz CT molecular complexity index is 1180. The number of benzene rings is 1. The molecule has 10 heteroatoms. The third-order valence-corrected chi connectivity index (χ3v) is 6.52. The molecule has 2 unspecified atom stereocenters. The van der Waals surface area contributed by atoms with Crippen LogP contribution in [0.25, 0.3) is 0 Å². The van der Waals surface area contributed by atoms with Gasteiger partial charge in [-0.2, -0.15) is 5.10 Å². The van der Waals surface area contributed by atoms with Gasteiger partial charge >= 0.3 is 0 Å². The maximum atomic E-state index is 14.8. The summed E-state index contributed by atoms with van der Waals surface area (Å²) in [5.41, 5.74) is 7.59. The van der Waals surface area contributed by atoms with E-state index in [9.17, 15) is 14.4 Å². The Morgan fingerprint density at radius 2 is 2.06 bits per heavy atom. The summed E-state index contributed by atoms with van der Waals surface area (Å²) in [5.74, 6) is 0.0258. The average Bonchev–Trinajstić information content (AvgIpc) is 3.18. The highest BCUT2D eigenvalue weighted by molar-refractivity contribution is 6.13. The number of hydrogen-bond acceptors (Lipinski definition) is 8. The Morgan fingerprint density at radius 3 is 2.79 bits per heavy atom. The Balaban J connectivity index is 1.65. The van der Waals surface area contributed by atoms with Gasteiger partial charge in [0.25, 0.3) is 0 Å². The van der Waals surface area contributed by atoms with Crippen LogP contribution in [0.2, 0.25) is 0 Å². The molecule has 0 radical (unpaired) electrons. The molecule has 3 heterocycles. The van der Waals surface area contributed by atoms with Crippen LogP contribution in [0.3, 0.4) is 0 Å². The molecule has 1 aromatic carbocycles. The summed E-state index contributed by atoms with van der Waals surface area (Å²) in [6, 6.07) is 8.51. The van der Waals surface area contributed by atoms with Crippen LogP contribution < -0.4 is 5.43 Å². The number of carbonyl (C=O) groups is 1. The Labute approximate surface area is 197 Å². The Morgan fingerprint density at radius 1 is 1.26 bits per heavy atom. The van der Waals surface area contributed by atoms with Crippen LogP contribution in [0, 0.1) is 0 Å². The van der Waals surface area contributed by atoms with Crippen molar-refractivity contribution in [3.05, 3.63) is 70.5 Å². The molecule has 2 atom stereocenters. The largest absolute Gasteiger partial charge is 0.394 e. The number of hydrogen-bond donors (Lipinski definition) is 2. The molecule has 0 spiro atoms. The van der Waals surface area contributed by atoms with Gasteiger partial charge in [0.2, 0.25) is 0 Å². The number of aliphatic hydroxyl groups is 1. The maximum absolute atomic E-state index is 14.8. The monoisotopic (exact) mass is 465 g/mol. The van der Waals surface area contributed by atoms with Gasteiger partial charge in [0, 0.05) is 30.7 Å². The van der Waals surface area contributed by atoms with Crippen molar-refractivity contribution in [1.29, 1.82) is 0 Å². The van der Waals surface area contributed by atoms with E-state index in [2.05, 4.69) is 44.7 Å². The molecule has 0 bridgehead atoms. The minimum absolute atomic E-state index is 0.0324. The Hall–Kier alpha value is -3.21. The molecule has 2 aromatic rings. The summed E-state index contributed by atoms with van der Waals surface area (Å²) in [6.45, 7) is 1.33. The number of hydrazine groups is 1. The number of nitrogens with one attached hydrogen (secondary N) is 1. The quantitative estimate of drug-likeness (QED) is 0.624. The van der Waals surface area contributed by atoms with E-state index < -0.39 is 0 Å². The second-order valence-corrected chi connectivity index (χ2v) is 9.12. The standard InChI is InChI=1S/C24H28FN7O2/c1-30(2)13-15-3-5-16(6-4-15)19-9-17-11-28-32(25)20-10-18(34)12-26-23(21(17)20)22(19)24-27-14-29-31(24)7-8-33/h3-6,10,14,19,22,28,33H,7-9,11-13H2,1-2H3. The van der Waals surface area contributed by atoms with E-state index >= 15 is 0 Å². The van der Waals surface area contributed by atoms with Gasteiger partial charge < -0.3 is 10.0 Å². The summed E-state index contributed by atoms with van der Waals surface area (Å²) in [7, 11) is 4.07. The lowest BCUT2D eigenvalue weighted by Crippen LogP contribution is -2.43. The summed E-state index contributed by atoms with van der Waals surface area (Å²) in [6.07, 6.45) is 3.45. The first-order chi connectivity index (χ1) is 16.5. The van der Waals surface area contributed by atoms with Crippen molar-refractivity contribution in [3.63, 3.8) is 0 Å². The normalized spacial score (nSPS) is 22.5. The number of nitrogens with zero attached hydrogens (tertiary/aromatic N) is 6. The molecule has 0 saturated carbocycles. The summed E-state index contributed by atoms with van der Waals surface area (Å²) in [5, 5.41) is 14.3. The summed E-state index contributed by atoms with van der Waals surface area (Å²) >= 11 is 0. The number of aliphatic hydroxyl groups excluding tert-OH is 1. The van der Waals surface area contributed by atoms with Crippen molar-refractivity contribution in [2.75, 3.05) is 33.8 Å². The fourth-order valence-electron chi connectivity index (χ4n) is 5.13. The lowest BCUT2D eigenvalue weighted by Gasteiger charge is -2.39. The summed E-state index contributed by atoms with van der Waals surface area (Å²) in [4.78, 5) is 23.8. The highest BCUT2D eigenvalue weighted by atomic mass is 19.2. The minimum Gasteiger partial charge on any atom is -0.394 e. The number of carbonyl (C=O) groups excluding carboxylic acids is 1. The topological polar surface area (TPSA) is 98.9 Å². The third-order valence-electron chi connectivity index (χ3n) is 6.52. The van der Waals surface area contributed by atoms with Crippen LogP contribution in [0.5, 0.6) is 0 Å². The molecule has 2 aliphatic heterocycles. The van der Waals surface area contributed by atoms with Crippen LogP contribution >= 0.6 is 0 Å². The number of ketones is 1. The van der Waals surface area contributed by atoms with Gasteiger partial charge in [-0.25, -0.2) is 15.1 Å². The van der Waals surface area contributed by atoms with Gasteiger partial charge in [-0.15, -0.1) is 5.23 Å². The molecule has 0 fully saturated rings. The molecule has 3 aliphatic rings. The number of allylic oxidation sites excluding steroid dienone is 1. The average molecular weight is 466 g/mol. The second kappa shape index (κ2) is 9.21. The summed E-state index contributed by atoms with van der Waals surface area (Å²) < 4.78 is 16.4. The molecule has 0 saturated heterocycles. The van der Waals surface area contributed by atoms with Crippen LogP contribution in [0.1, 0.15) is 35.2 Å². The molecule has 9 nitrogen and oxygen atoms in total. The zero-order chi connectivity index (χ0) is 23.8. The fourth-order valence-corrected chi connectivity index (χ4v) is 5.13. The molecular formula is C24H28FN7O2. The van der Waals surface area contributed by atoms with Crippen molar-refractivity contribution < 1.29 is 14.4 Å². The molecule has 178 valence electrons. The van der Waals surface area contributed by atoms with Crippen molar-refractivity contribution >= 4 is 11.5 Å². The van der Waals surface area contributed by atoms with Crippen LogP contribution in [0.4, 0.5) is 4.48 Å². The van der Waals surface area contributed by atoms with Gasteiger partial charge in [-0.1, -0.05) is 28.7 Å². The van der Waals surface area contributed by atoms with Crippen molar-refractivity contribution in [2.45, 2.75) is 31.3 Å². The second-order valence-electron chi connectivity index (χ2n) is 9.12. The molecule has 5 rings (SSSR count). The van der Waals surface area contributed by atoms with Crippen LogP contribution in [0.15, 0.2) is 58.5 Å². The van der Waals surface area contributed by atoms with Crippen LogP contribution in [-0.4, -0.2) is 75.3 Å². The SMILES string of the molecule is CN(C)Cc1ccc(C2CC3=C4C(=CC(=O)CN=C4C2c2ncnn2CCO)N(F)NC3)cc1. The van der Waals surface area contributed by atoms with E-state index in [1.165, 1.54) is 18.0 Å². The predicted octanol–water partition coefficient (Wildman–Crippen LogP) is 1.51. The van der Waals surface area contributed by atoms with Gasteiger partial charge in [-0.05, 0) is 37.2 Å². The van der Waals surface area contributed by atoms with E-state index in [4.69, 9.17) is 4.99 Å². The van der Waals surface area contributed by atoms with E-state index in [0.29, 0.717) is 35.3 Å². The molecule has 34 heavy (non-hydrogen) atoms. The Kier molecular flexibility index (Phi) is 6.11. The number of rotatable bonds is 6. The van der Waals surface area contributed by atoms with E-state index in [1.807, 2.05) is 14.1 Å². The number of aromatic nitrogens is 3. The van der Waals surface area contributed by atoms with E-state index in [-0.39, 0.29) is 43.0 Å². The first kappa shape index (κ1) is 22.6. The molecule has 0 amide bonds. The van der Waals surface area contributed by atoms with Gasteiger partial charge in [0.05, 0.1) is 24.8 Å². The lowest BCUT2D eigenvalue weighted by atomic mass is 9.69. The van der Waals surface area contributed by atoms with E-state index in [0.717, 1.165) is 17.7 Å². The smallest absolute Gasteiger partial charge is 0.179 e. The van der Waals surface area contributed by atoms with Crippen LogP contribution in [-0.2, 0) is 17.9 Å². The zero-order valence-corrected chi connectivity index (χ0v) is 19.3. The van der Waals surface area contributed by atoms with Crippen molar-refractivity contribution in [1.82, 2.24) is 30.3 Å². The third kappa shape index (κ3) is 4.08. The molecular weight excluding hydrogens is 437 g/mol. The molecule has 2 N–H and O–H groups in total. The first-order valence-electron chi connectivity index (χ1n) is 11.4. The van der Waals surface area contributed by atoms with Crippen molar-refractivity contribution in [3.8, 4) is 0 Å². The molecule has 1 aliphatic carbocycles. The van der Waals surface area contributed by atoms with E-state index in [1.54, 1.807) is 4.68 Å². The van der Waals surface area contributed by atoms with Crippen molar-refractivity contribution in [2.24, 2.45) is 4.99 Å². The maximum Gasteiger partial charge on any atom is 0.179 e. The highest BCUT2D eigenvalue weighted by Crippen LogP contribution is 2.47. The lowest BCUT2D eigenvalue weighted by molar-refractivity contribution is -0.113. The number of aliphatic imine (C=N–C) groups is 1. The first-order valence-corrected chi connectivity index (χ1v) is 11.4. The van der Waals surface area contributed by atoms with Gasteiger partial charge in [-0.3, -0.25) is 9.79 Å². The fraction of sp³-hybridized carbons (Fsp3) is 0.417.